The van der Waals surface area contributed by atoms with Gasteiger partial charge in [-0.15, -0.1) is 0 Å². The first-order valence-electron chi connectivity index (χ1n) is 11.4. The molecule has 0 unspecified atom stereocenters. The van der Waals surface area contributed by atoms with Crippen LogP contribution in [-0.2, 0) is 15.9 Å². The lowest BCUT2D eigenvalue weighted by Crippen LogP contribution is -2.41. The van der Waals surface area contributed by atoms with E-state index in [1.807, 2.05) is 0 Å². The predicted octanol–water partition coefficient (Wildman–Crippen LogP) is 3.26. The van der Waals surface area contributed by atoms with Crippen LogP contribution in [0.25, 0.3) is 22.3 Å². The average Bonchev–Trinajstić information content (AvgIpc) is 3.36. The topological polar surface area (TPSA) is 142 Å². The fraction of sp³-hybridized carbons (Fsp3) is 0.385. The molecule has 1 amide bonds. The van der Waals surface area contributed by atoms with Crippen LogP contribution >= 0.6 is 0 Å². The molecule has 200 valence electrons. The minimum absolute atomic E-state index is 0. The molecular weight excluding hydrogens is 491 g/mol. The summed E-state index contributed by atoms with van der Waals surface area (Å²) in [5, 5.41) is 25.4. The Morgan fingerprint density at radius 2 is 1.76 bits per heavy atom. The van der Waals surface area contributed by atoms with E-state index in [1.54, 1.807) is 39.8 Å². The van der Waals surface area contributed by atoms with Gasteiger partial charge in [-0.05, 0) is 56.5 Å². The second kappa shape index (κ2) is 9.16. The zero-order chi connectivity index (χ0) is 26.7. The van der Waals surface area contributed by atoms with Gasteiger partial charge in [-0.2, -0.15) is 18.3 Å². The number of carbonyl (C=O) groups excluding carboxylic acids is 1. The molecule has 2 aromatic carbocycles. The Bertz CT molecular complexity index is 1330. The number of fused-ring (bicyclic) bond motifs is 3. The number of aromatic nitrogens is 2. The van der Waals surface area contributed by atoms with Gasteiger partial charge in [0.05, 0.1) is 18.4 Å². The summed E-state index contributed by atoms with van der Waals surface area (Å²) in [6, 6.07) is 8.57. The molecule has 1 aromatic heterocycles. The summed E-state index contributed by atoms with van der Waals surface area (Å²) < 4.78 is 50.4. The van der Waals surface area contributed by atoms with E-state index in [2.05, 4.69) is 5.10 Å². The molecule has 0 radical (unpaired) electrons. The molecule has 8 nitrogen and oxygen atoms in total. The summed E-state index contributed by atoms with van der Waals surface area (Å²) in [6.45, 7) is 6.37. The zero-order valence-corrected chi connectivity index (χ0v) is 20.8. The number of hydrogen-bond acceptors (Lipinski definition) is 5. The lowest BCUT2D eigenvalue weighted by Gasteiger charge is -2.29. The number of amides is 1. The highest BCUT2D eigenvalue weighted by atomic mass is 19.4. The molecule has 0 fully saturated rings. The third-order valence-corrected chi connectivity index (χ3v) is 6.55. The smallest absolute Gasteiger partial charge is 0.425 e. The zero-order valence-electron chi connectivity index (χ0n) is 20.8. The standard InChI is InChI=1S/C26H28F3N3O4.H2O/c1-23(2,34)9-10-36-16-11-18(15-13-31-32(14-15)24(3,4)22(30)33)21-17-7-5-6-8-19(17)25(35,20(21)12-16)26(27,28)29;/h5-8,11-14,34-35H,9-10H2,1-4H3,(H2,30,33);1H2/t25-;/m1./s1. The summed E-state index contributed by atoms with van der Waals surface area (Å²) >= 11 is 0. The van der Waals surface area contributed by atoms with Crippen molar-refractivity contribution < 1.29 is 38.4 Å². The summed E-state index contributed by atoms with van der Waals surface area (Å²) in [5.74, 6) is -0.548. The second-order valence-corrected chi connectivity index (χ2v) is 10.2. The van der Waals surface area contributed by atoms with Crippen LogP contribution in [0.15, 0.2) is 48.8 Å². The molecular formula is C26H30F3N3O5. The van der Waals surface area contributed by atoms with Gasteiger partial charge in [0, 0.05) is 29.3 Å². The van der Waals surface area contributed by atoms with E-state index in [1.165, 1.54) is 41.3 Å². The third-order valence-electron chi connectivity index (χ3n) is 6.55. The normalized spacial score (nSPS) is 17.1. The van der Waals surface area contributed by atoms with Crippen LogP contribution in [0.5, 0.6) is 5.75 Å². The van der Waals surface area contributed by atoms with Crippen LogP contribution in [0.4, 0.5) is 13.2 Å². The summed E-state index contributed by atoms with van der Waals surface area (Å²) in [4.78, 5) is 11.9. The molecule has 0 bridgehead atoms. The molecule has 37 heavy (non-hydrogen) atoms. The van der Waals surface area contributed by atoms with Crippen molar-refractivity contribution in [3.05, 3.63) is 59.9 Å². The van der Waals surface area contributed by atoms with Crippen LogP contribution in [0, 0.1) is 0 Å². The van der Waals surface area contributed by atoms with Crippen LogP contribution < -0.4 is 10.5 Å². The van der Waals surface area contributed by atoms with E-state index >= 15 is 0 Å². The van der Waals surface area contributed by atoms with Crippen LogP contribution in [0.1, 0.15) is 45.2 Å². The van der Waals surface area contributed by atoms with Crippen molar-refractivity contribution in [3.8, 4) is 28.0 Å². The van der Waals surface area contributed by atoms with E-state index in [0.29, 0.717) is 11.1 Å². The second-order valence-electron chi connectivity index (χ2n) is 10.2. The molecule has 1 aliphatic rings. The number of primary amides is 1. The van der Waals surface area contributed by atoms with E-state index in [0.717, 1.165) is 0 Å². The molecule has 1 atom stereocenters. The predicted molar refractivity (Wildman–Crippen MR) is 131 cm³/mol. The first-order chi connectivity index (χ1) is 16.6. The Kier molecular flexibility index (Phi) is 6.97. The maximum atomic E-state index is 14.4. The highest BCUT2D eigenvalue weighted by Gasteiger charge is 2.61. The number of rotatable bonds is 7. The monoisotopic (exact) mass is 521 g/mol. The van der Waals surface area contributed by atoms with Gasteiger partial charge in [0.25, 0.3) is 0 Å². The molecule has 0 saturated heterocycles. The maximum absolute atomic E-state index is 14.4. The molecule has 1 aliphatic carbocycles. The number of alkyl halides is 3. The fourth-order valence-electron chi connectivity index (χ4n) is 4.27. The van der Waals surface area contributed by atoms with E-state index in [-0.39, 0.29) is 46.5 Å². The van der Waals surface area contributed by atoms with E-state index < -0.39 is 28.8 Å². The van der Waals surface area contributed by atoms with Gasteiger partial charge in [0.2, 0.25) is 11.5 Å². The molecule has 4 rings (SSSR count). The number of halogens is 3. The maximum Gasteiger partial charge on any atom is 0.425 e. The molecule has 11 heteroatoms. The highest BCUT2D eigenvalue weighted by molar-refractivity contribution is 5.93. The largest absolute Gasteiger partial charge is 0.493 e. The van der Waals surface area contributed by atoms with Gasteiger partial charge in [0.1, 0.15) is 11.3 Å². The molecule has 1 heterocycles. The number of carbonyl (C=O) groups is 1. The minimum atomic E-state index is -5.02. The van der Waals surface area contributed by atoms with Gasteiger partial charge in [-0.25, -0.2) is 0 Å². The van der Waals surface area contributed by atoms with Crippen molar-refractivity contribution >= 4 is 5.91 Å². The highest BCUT2D eigenvalue weighted by Crippen LogP contribution is 2.58. The molecule has 3 aromatic rings. The lowest BCUT2D eigenvalue weighted by atomic mass is 9.89. The number of nitrogens with two attached hydrogens (primary N) is 1. The Balaban J connectivity index is 0.00000380. The number of ether oxygens (including phenoxy) is 1. The Morgan fingerprint density at radius 3 is 2.35 bits per heavy atom. The number of hydrogen-bond donors (Lipinski definition) is 3. The van der Waals surface area contributed by atoms with E-state index in [4.69, 9.17) is 10.5 Å². The fourth-order valence-corrected chi connectivity index (χ4v) is 4.27. The van der Waals surface area contributed by atoms with Crippen LogP contribution in [0.3, 0.4) is 0 Å². The molecule has 0 spiro atoms. The van der Waals surface area contributed by atoms with Crippen molar-refractivity contribution in [2.24, 2.45) is 5.73 Å². The summed E-state index contributed by atoms with van der Waals surface area (Å²) in [5.41, 5.74) is 0.538. The summed E-state index contributed by atoms with van der Waals surface area (Å²) in [7, 11) is 0. The molecule has 0 saturated carbocycles. The van der Waals surface area contributed by atoms with Gasteiger partial charge in [-0.3, -0.25) is 9.48 Å². The molecule has 0 aliphatic heterocycles. The number of nitrogens with zero attached hydrogens (tertiary/aromatic N) is 2. The number of benzene rings is 2. The molecule has 6 N–H and O–H groups in total. The van der Waals surface area contributed by atoms with Gasteiger partial charge in [0.15, 0.2) is 0 Å². The minimum Gasteiger partial charge on any atom is -0.493 e. The lowest BCUT2D eigenvalue weighted by molar-refractivity contribution is -0.246. The van der Waals surface area contributed by atoms with Crippen molar-refractivity contribution in [1.29, 1.82) is 0 Å². The first kappa shape index (κ1) is 28.2. The quantitative estimate of drug-likeness (QED) is 0.438. The van der Waals surface area contributed by atoms with Crippen molar-refractivity contribution in [1.82, 2.24) is 9.78 Å². The third kappa shape index (κ3) is 4.70. The van der Waals surface area contributed by atoms with E-state index in [9.17, 15) is 28.2 Å². The van der Waals surface area contributed by atoms with Crippen molar-refractivity contribution in [2.75, 3.05) is 6.61 Å². The van der Waals surface area contributed by atoms with Crippen LogP contribution in [0.2, 0.25) is 0 Å². The van der Waals surface area contributed by atoms with Gasteiger partial charge >= 0.3 is 6.18 Å². The first-order valence-corrected chi connectivity index (χ1v) is 11.4. The SMILES string of the molecule is CC(C)(O)CCOc1cc(-c2cnn(C(C)(C)C(N)=O)c2)c2c(c1)[C@@](O)(C(F)(F)F)c1ccccc1-2.O. The van der Waals surface area contributed by atoms with Gasteiger partial charge < -0.3 is 26.2 Å². The van der Waals surface area contributed by atoms with Crippen molar-refractivity contribution in [3.63, 3.8) is 0 Å². The Labute approximate surface area is 211 Å². The number of aliphatic hydroxyl groups is 2. The van der Waals surface area contributed by atoms with Gasteiger partial charge in [-0.1, -0.05) is 24.3 Å². The van der Waals surface area contributed by atoms with Crippen LogP contribution in [-0.4, -0.2) is 49.8 Å². The van der Waals surface area contributed by atoms with Crippen molar-refractivity contribution in [2.45, 2.75) is 57.0 Å². The summed E-state index contributed by atoms with van der Waals surface area (Å²) in [6.07, 6.45) is -1.84. The Hall–Kier alpha value is -3.41. The Morgan fingerprint density at radius 1 is 1.11 bits per heavy atom. The average molecular weight is 522 g/mol.